The van der Waals surface area contributed by atoms with Crippen molar-refractivity contribution in [1.29, 1.82) is 0 Å². The molecule has 2 aromatic carbocycles. The molecule has 0 aromatic heterocycles. The molecule has 2 fully saturated rings. The summed E-state index contributed by atoms with van der Waals surface area (Å²) >= 11 is 0. The van der Waals surface area contributed by atoms with Crippen LogP contribution in [-0.4, -0.2) is 56.9 Å². The van der Waals surface area contributed by atoms with Gasteiger partial charge < -0.3 is 9.47 Å². The second-order valence-electron chi connectivity index (χ2n) is 7.65. The minimum absolute atomic E-state index is 0.0169. The number of halogens is 1. The lowest BCUT2D eigenvalue weighted by Crippen LogP contribution is -2.48. The first kappa shape index (κ1) is 22.4. The highest BCUT2D eigenvalue weighted by Gasteiger charge is 2.47. The SMILES string of the molecule is COc1ccc(S(=O)(=O)N(CC2CCCO2)C2CC(=O)N(c3ccc(F)cc3)C2=O)cc1. The van der Waals surface area contributed by atoms with E-state index in [1.54, 1.807) is 0 Å². The molecule has 0 aliphatic carbocycles. The molecule has 2 aliphatic rings. The van der Waals surface area contributed by atoms with E-state index in [-0.39, 0.29) is 29.7 Å². The van der Waals surface area contributed by atoms with Gasteiger partial charge in [-0.05, 0) is 61.4 Å². The number of amides is 2. The third-order valence-electron chi connectivity index (χ3n) is 5.63. The molecule has 2 aromatic rings. The van der Waals surface area contributed by atoms with Gasteiger partial charge in [0.1, 0.15) is 17.6 Å². The summed E-state index contributed by atoms with van der Waals surface area (Å²) in [7, 11) is -2.66. The fourth-order valence-electron chi connectivity index (χ4n) is 3.97. The lowest BCUT2D eigenvalue weighted by Gasteiger charge is -2.29. The van der Waals surface area contributed by atoms with Crippen LogP contribution in [0.1, 0.15) is 19.3 Å². The Bertz CT molecular complexity index is 1100. The van der Waals surface area contributed by atoms with Gasteiger partial charge in [0.2, 0.25) is 15.9 Å². The quantitative estimate of drug-likeness (QED) is 0.587. The van der Waals surface area contributed by atoms with E-state index in [0.29, 0.717) is 18.8 Å². The molecule has 32 heavy (non-hydrogen) atoms. The molecule has 0 radical (unpaired) electrons. The van der Waals surface area contributed by atoms with Gasteiger partial charge in [-0.2, -0.15) is 4.31 Å². The Hall–Kier alpha value is -2.82. The summed E-state index contributed by atoms with van der Waals surface area (Å²) in [4.78, 5) is 26.8. The van der Waals surface area contributed by atoms with Crippen molar-refractivity contribution in [1.82, 2.24) is 4.31 Å². The van der Waals surface area contributed by atoms with Crippen LogP contribution in [0.15, 0.2) is 53.4 Å². The topological polar surface area (TPSA) is 93.2 Å². The molecule has 170 valence electrons. The maximum absolute atomic E-state index is 13.5. The van der Waals surface area contributed by atoms with Crippen molar-refractivity contribution < 1.29 is 31.9 Å². The van der Waals surface area contributed by atoms with Gasteiger partial charge >= 0.3 is 0 Å². The minimum atomic E-state index is -4.13. The predicted octanol–water partition coefficient (Wildman–Crippen LogP) is 2.34. The van der Waals surface area contributed by atoms with Crippen LogP contribution in [0, 0.1) is 5.82 Å². The molecular weight excluding hydrogens is 439 g/mol. The number of rotatable bonds is 7. The number of imide groups is 1. The van der Waals surface area contributed by atoms with Crippen molar-refractivity contribution in [2.24, 2.45) is 0 Å². The largest absolute Gasteiger partial charge is 0.497 e. The average Bonchev–Trinajstić information content (AvgIpc) is 3.40. The monoisotopic (exact) mass is 462 g/mol. The fourth-order valence-corrected chi connectivity index (χ4v) is 5.58. The van der Waals surface area contributed by atoms with Gasteiger partial charge in [0.05, 0.1) is 30.2 Å². The van der Waals surface area contributed by atoms with E-state index in [1.807, 2.05) is 0 Å². The van der Waals surface area contributed by atoms with E-state index in [9.17, 15) is 22.4 Å². The summed E-state index contributed by atoms with van der Waals surface area (Å²) in [6.07, 6.45) is 0.773. The first-order valence-electron chi connectivity index (χ1n) is 10.2. The van der Waals surface area contributed by atoms with Crippen LogP contribution in [-0.2, 0) is 24.3 Å². The average molecular weight is 462 g/mol. The van der Waals surface area contributed by atoms with Crippen molar-refractivity contribution in [3.05, 3.63) is 54.3 Å². The van der Waals surface area contributed by atoms with Gasteiger partial charge in [-0.25, -0.2) is 17.7 Å². The number of carbonyl (C=O) groups excluding carboxylic acids is 2. The van der Waals surface area contributed by atoms with Crippen LogP contribution < -0.4 is 9.64 Å². The number of anilines is 1. The van der Waals surface area contributed by atoms with Crippen LogP contribution in [0.4, 0.5) is 10.1 Å². The van der Waals surface area contributed by atoms with Crippen molar-refractivity contribution >= 4 is 27.5 Å². The molecule has 2 unspecified atom stereocenters. The summed E-state index contributed by atoms with van der Waals surface area (Å²) in [5, 5.41) is 0. The maximum atomic E-state index is 13.5. The Balaban J connectivity index is 1.68. The Morgan fingerprint density at radius 1 is 1.12 bits per heavy atom. The summed E-state index contributed by atoms with van der Waals surface area (Å²) in [5.41, 5.74) is 0.197. The van der Waals surface area contributed by atoms with Gasteiger partial charge in [-0.3, -0.25) is 9.59 Å². The lowest BCUT2D eigenvalue weighted by molar-refractivity contribution is -0.122. The highest BCUT2D eigenvalue weighted by Crippen LogP contribution is 2.31. The van der Waals surface area contributed by atoms with E-state index in [2.05, 4.69) is 0 Å². The summed E-state index contributed by atoms with van der Waals surface area (Å²) in [6.45, 7) is 0.468. The Kier molecular flexibility index (Phi) is 6.27. The molecule has 2 heterocycles. The number of nitrogens with zero attached hydrogens (tertiary/aromatic N) is 2. The maximum Gasteiger partial charge on any atom is 0.252 e. The van der Waals surface area contributed by atoms with Gasteiger partial charge in [0.25, 0.3) is 5.91 Å². The van der Waals surface area contributed by atoms with Crippen LogP contribution >= 0.6 is 0 Å². The molecule has 0 spiro atoms. The molecule has 0 N–H and O–H groups in total. The Labute approximate surface area is 185 Å². The van der Waals surface area contributed by atoms with Crippen LogP contribution in [0.3, 0.4) is 0 Å². The van der Waals surface area contributed by atoms with Crippen molar-refractivity contribution in [3.63, 3.8) is 0 Å². The van der Waals surface area contributed by atoms with Crippen molar-refractivity contribution in [3.8, 4) is 5.75 Å². The second kappa shape index (κ2) is 8.97. The Morgan fingerprint density at radius 3 is 2.41 bits per heavy atom. The highest BCUT2D eigenvalue weighted by atomic mass is 32.2. The third kappa shape index (κ3) is 4.25. The van der Waals surface area contributed by atoms with E-state index in [4.69, 9.17) is 9.47 Å². The molecule has 0 bridgehead atoms. The van der Waals surface area contributed by atoms with Crippen molar-refractivity contribution in [2.45, 2.75) is 36.3 Å². The first-order chi connectivity index (χ1) is 15.3. The number of hydrogen-bond acceptors (Lipinski definition) is 6. The van der Waals surface area contributed by atoms with E-state index in [1.165, 1.54) is 43.5 Å². The standard InChI is InChI=1S/C22H23FN2O6S/c1-30-17-8-10-19(11-9-17)32(28,29)24(14-18-3-2-12-31-18)20-13-21(26)25(22(20)27)16-6-4-15(23)5-7-16/h4-11,18,20H,2-3,12-14H2,1H3. The van der Waals surface area contributed by atoms with E-state index < -0.39 is 33.7 Å². The molecule has 8 nitrogen and oxygen atoms in total. The van der Waals surface area contributed by atoms with Gasteiger partial charge in [0, 0.05) is 13.2 Å². The number of benzene rings is 2. The normalized spacial score (nSPS) is 21.5. The minimum Gasteiger partial charge on any atom is -0.497 e. The molecule has 0 saturated carbocycles. The number of sulfonamides is 1. The number of hydrogen-bond donors (Lipinski definition) is 0. The second-order valence-corrected chi connectivity index (χ2v) is 9.54. The Morgan fingerprint density at radius 2 is 1.81 bits per heavy atom. The van der Waals surface area contributed by atoms with Gasteiger partial charge in [-0.1, -0.05) is 0 Å². The van der Waals surface area contributed by atoms with E-state index >= 15 is 0 Å². The zero-order valence-corrected chi connectivity index (χ0v) is 18.3. The van der Waals surface area contributed by atoms with Crippen molar-refractivity contribution in [2.75, 3.05) is 25.2 Å². The number of ether oxygens (including phenoxy) is 2. The molecular formula is C22H23FN2O6S. The van der Waals surface area contributed by atoms with Gasteiger partial charge in [-0.15, -0.1) is 0 Å². The summed E-state index contributed by atoms with van der Waals surface area (Å²) < 4.78 is 52.2. The predicted molar refractivity (Wildman–Crippen MR) is 113 cm³/mol. The smallest absolute Gasteiger partial charge is 0.252 e. The van der Waals surface area contributed by atoms with E-state index in [0.717, 1.165) is 27.8 Å². The van der Waals surface area contributed by atoms with Crippen LogP contribution in [0.2, 0.25) is 0 Å². The summed E-state index contributed by atoms with van der Waals surface area (Å²) in [5.74, 6) is -1.23. The molecule has 2 aliphatic heterocycles. The van der Waals surface area contributed by atoms with Crippen LogP contribution in [0.25, 0.3) is 0 Å². The van der Waals surface area contributed by atoms with Crippen LogP contribution in [0.5, 0.6) is 5.75 Å². The molecule has 10 heteroatoms. The molecule has 2 amide bonds. The third-order valence-corrected chi connectivity index (χ3v) is 7.52. The first-order valence-corrected chi connectivity index (χ1v) is 11.6. The number of methoxy groups -OCH3 is 1. The zero-order chi connectivity index (χ0) is 22.9. The molecule has 4 rings (SSSR count). The number of carbonyl (C=O) groups is 2. The molecule has 2 atom stereocenters. The zero-order valence-electron chi connectivity index (χ0n) is 17.4. The lowest BCUT2D eigenvalue weighted by atomic mass is 10.2. The van der Waals surface area contributed by atoms with Gasteiger partial charge in [0.15, 0.2) is 0 Å². The molecule has 2 saturated heterocycles. The highest BCUT2D eigenvalue weighted by molar-refractivity contribution is 7.89. The fraction of sp³-hybridized carbons (Fsp3) is 0.364. The summed E-state index contributed by atoms with van der Waals surface area (Å²) in [6, 6.07) is 9.52.